The molecule has 1 fully saturated rings. The number of rotatable bonds is 2. The zero-order valence-electron chi connectivity index (χ0n) is 7.52. The number of aliphatic carboxylic acids is 1. The van der Waals surface area contributed by atoms with Crippen molar-refractivity contribution in [2.24, 2.45) is 5.92 Å². The molecule has 0 saturated carbocycles. The first kappa shape index (κ1) is 10.1. The van der Waals surface area contributed by atoms with E-state index in [0.29, 0.717) is 0 Å². The van der Waals surface area contributed by atoms with Crippen molar-refractivity contribution in [1.29, 1.82) is 0 Å². The number of ether oxygens (including phenoxy) is 2. The molecule has 0 bridgehead atoms. The molecule has 1 saturated heterocycles. The maximum absolute atomic E-state index is 11.2. The molecule has 13 heavy (non-hydrogen) atoms. The van der Waals surface area contributed by atoms with Crippen molar-refractivity contribution >= 4 is 11.8 Å². The number of Topliss-reactive ketones (excluding diaryl/α,β-unsaturated/α-hetero) is 1. The molecule has 1 rings (SSSR count). The van der Waals surface area contributed by atoms with Gasteiger partial charge in [-0.1, -0.05) is 0 Å². The van der Waals surface area contributed by atoms with E-state index in [1.54, 1.807) is 6.92 Å². The first-order valence-electron chi connectivity index (χ1n) is 4.05. The van der Waals surface area contributed by atoms with Gasteiger partial charge in [0.05, 0.1) is 5.92 Å². The van der Waals surface area contributed by atoms with Crippen LogP contribution in [0.1, 0.15) is 13.8 Å². The number of ketones is 1. The van der Waals surface area contributed by atoms with Crippen LogP contribution in [0.15, 0.2) is 0 Å². The number of carboxylic acids is 1. The molecule has 1 heterocycles. The van der Waals surface area contributed by atoms with Crippen LogP contribution >= 0.6 is 0 Å². The van der Waals surface area contributed by atoms with Crippen molar-refractivity contribution in [2.45, 2.75) is 26.2 Å². The van der Waals surface area contributed by atoms with Gasteiger partial charge in [-0.2, -0.15) is 0 Å². The Labute approximate surface area is 75.6 Å². The van der Waals surface area contributed by atoms with Gasteiger partial charge in [-0.05, 0) is 13.8 Å². The van der Waals surface area contributed by atoms with Crippen LogP contribution in [-0.2, 0) is 19.1 Å². The standard InChI is InChI=1S/C8H12O5/c1-4(8(10)11)7-6(9)3-12-5(2)13-7/h4-5,7H,3H2,1-2H3,(H,10,11)/t4-,5?,7+/m1/s1. The van der Waals surface area contributed by atoms with Gasteiger partial charge < -0.3 is 14.6 Å². The molecule has 0 radical (unpaired) electrons. The molecule has 1 aliphatic rings. The predicted molar refractivity (Wildman–Crippen MR) is 42.1 cm³/mol. The molecule has 1 aliphatic heterocycles. The summed E-state index contributed by atoms with van der Waals surface area (Å²) >= 11 is 0. The van der Waals surface area contributed by atoms with Crippen LogP contribution in [0.25, 0.3) is 0 Å². The highest BCUT2D eigenvalue weighted by molar-refractivity contribution is 5.89. The first-order valence-corrected chi connectivity index (χ1v) is 4.05. The third-order valence-electron chi connectivity index (χ3n) is 1.96. The third-order valence-corrected chi connectivity index (χ3v) is 1.96. The van der Waals surface area contributed by atoms with E-state index in [4.69, 9.17) is 14.6 Å². The Morgan fingerprint density at radius 2 is 2.31 bits per heavy atom. The SMILES string of the molecule is CC1OCC(=O)[C@H]([C@@H](C)C(=O)O)O1. The lowest BCUT2D eigenvalue weighted by molar-refractivity contribution is -0.211. The topological polar surface area (TPSA) is 72.8 Å². The van der Waals surface area contributed by atoms with Crippen LogP contribution in [0.3, 0.4) is 0 Å². The van der Waals surface area contributed by atoms with Gasteiger partial charge in [-0.3, -0.25) is 9.59 Å². The maximum atomic E-state index is 11.2. The van der Waals surface area contributed by atoms with E-state index in [1.807, 2.05) is 0 Å². The van der Waals surface area contributed by atoms with Crippen LogP contribution in [0.5, 0.6) is 0 Å². The number of carbonyl (C=O) groups excluding carboxylic acids is 1. The Morgan fingerprint density at radius 3 is 2.85 bits per heavy atom. The fourth-order valence-electron chi connectivity index (χ4n) is 1.13. The predicted octanol–water partition coefficient (Wildman–Crippen LogP) is 0.0376. The number of carbonyl (C=O) groups is 2. The van der Waals surface area contributed by atoms with E-state index in [-0.39, 0.29) is 12.4 Å². The molecule has 74 valence electrons. The molecule has 0 aromatic rings. The van der Waals surface area contributed by atoms with Gasteiger partial charge in [-0.25, -0.2) is 0 Å². The Hall–Kier alpha value is -0.940. The van der Waals surface area contributed by atoms with Gasteiger partial charge >= 0.3 is 5.97 Å². The summed E-state index contributed by atoms with van der Waals surface area (Å²) in [7, 11) is 0. The van der Waals surface area contributed by atoms with Gasteiger partial charge in [0.1, 0.15) is 12.7 Å². The Bertz CT molecular complexity index is 225. The van der Waals surface area contributed by atoms with Crippen LogP contribution in [-0.4, -0.2) is 35.9 Å². The average molecular weight is 188 g/mol. The number of carboxylic acid groups (broad SMARTS) is 1. The maximum Gasteiger partial charge on any atom is 0.309 e. The van der Waals surface area contributed by atoms with Crippen molar-refractivity contribution in [3.8, 4) is 0 Å². The molecule has 5 heteroatoms. The minimum absolute atomic E-state index is 0.0660. The summed E-state index contributed by atoms with van der Waals surface area (Å²) in [5, 5.41) is 8.67. The quantitative estimate of drug-likeness (QED) is 0.662. The van der Waals surface area contributed by atoms with Gasteiger partial charge in [0.25, 0.3) is 0 Å². The van der Waals surface area contributed by atoms with Crippen molar-refractivity contribution in [3.63, 3.8) is 0 Å². The molecular formula is C8H12O5. The minimum Gasteiger partial charge on any atom is -0.481 e. The molecule has 5 nitrogen and oxygen atoms in total. The summed E-state index contributed by atoms with van der Waals surface area (Å²) < 4.78 is 9.95. The van der Waals surface area contributed by atoms with Gasteiger partial charge in [-0.15, -0.1) is 0 Å². The largest absolute Gasteiger partial charge is 0.481 e. The molecule has 0 aromatic carbocycles. The monoisotopic (exact) mass is 188 g/mol. The van der Waals surface area contributed by atoms with E-state index in [0.717, 1.165) is 0 Å². The lowest BCUT2D eigenvalue weighted by Crippen LogP contribution is -2.45. The second kappa shape index (κ2) is 3.85. The minimum atomic E-state index is -1.03. The first-order chi connectivity index (χ1) is 6.02. The molecule has 0 amide bonds. The van der Waals surface area contributed by atoms with Crippen molar-refractivity contribution in [1.82, 2.24) is 0 Å². The normalized spacial score (nSPS) is 31.4. The van der Waals surface area contributed by atoms with Crippen molar-refractivity contribution in [2.75, 3.05) is 6.61 Å². The van der Waals surface area contributed by atoms with Gasteiger partial charge in [0, 0.05) is 0 Å². The second-order valence-corrected chi connectivity index (χ2v) is 3.03. The van der Waals surface area contributed by atoms with Crippen molar-refractivity contribution < 1.29 is 24.2 Å². The van der Waals surface area contributed by atoms with Gasteiger partial charge in [0.15, 0.2) is 12.1 Å². The molecule has 1 unspecified atom stereocenters. The summed E-state index contributed by atoms with van der Waals surface area (Å²) in [4.78, 5) is 21.8. The van der Waals surface area contributed by atoms with Crippen molar-refractivity contribution in [3.05, 3.63) is 0 Å². The zero-order valence-corrected chi connectivity index (χ0v) is 7.52. The van der Waals surface area contributed by atoms with Gasteiger partial charge in [0.2, 0.25) is 0 Å². The molecular weight excluding hydrogens is 176 g/mol. The molecule has 1 N–H and O–H groups in total. The lowest BCUT2D eigenvalue weighted by atomic mass is 10.0. The third kappa shape index (κ3) is 2.26. The summed E-state index contributed by atoms with van der Waals surface area (Å²) in [5.74, 6) is -2.17. The number of hydrogen-bond acceptors (Lipinski definition) is 4. The average Bonchev–Trinajstić information content (AvgIpc) is 2.08. The molecule has 0 aromatic heterocycles. The summed E-state index contributed by atoms with van der Waals surface area (Å²) in [6.45, 7) is 3.01. The fraction of sp³-hybridized carbons (Fsp3) is 0.750. The number of hydrogen-bond donors (Lipinski definition) is 1. The Kier molecular flexibility index (Phi) is 3.00. The highest BCUT2D eigenvalue weighted by atomic mass is 16.7. The van der Waals surface area contributed by atoms with Crippen LogP contribution in [0.2, 0.25) is 0 Å². The summed E-state index contributed by atoms with van der Waals surface area (Å²) in [6.07, 6.45) is -1.38. The smallest absolute Gasteiger partial charge is 0.309 e. The molecule has 3 atom stereocenters. The molecule has 0 spiro atoms. The summed E-state index contributed by atoms with van der Waals surface area (Å²) in [5.41, 5.74) is 0. The second-order valence-electron chi connectivity index (χ2n) is 3.03. The Balaban J connectivity index is 2.65. The highest BCUT2D eigenvalue weighted by Crippen LogP contribution is 2.16. The lowest BCUT2D eigenvalue weighted by Gasteiger charge is -2.28. The van der Waals surface area contributed by atoms with E-state index in [1.165, 1.54) is 6.92 Å². The fourth-order valence-corrected chi connectivity index (χ4v) is 1.13. The Morgan fingerprint density at radius 1 is 1.69 bits per heavy atom. The summed E-state index contributed by atoms with van der Waals surface area (Å²) in [6, 6.07) is 0. The van der Waals surface area contributed by atoms with E-state index < -0.39 is 24.3 Å². The van der Waals surface area contributed by atoms with Crippen LogP contribution < -0.4 is 0 Å². The molecule has 0 aliphatic carbocycles. The van der Waals surface area contributed by atoms with Crippen LogP contribution in [0, 0.1) is 5.92 Å². The van der Waals surface area contributed by atoms with E-state index in [9.17, 15) is 9.59 Å². The highest BCUT2D eigenvalue weighted by Gasteiger charge is 2.35. The van der Waals surface area contributed by atoms with E-state index in [2.05, 4.69) is 0 Å². The van der Waals surface area contributed by atoms with Crippen LogP contribution in [0.4, 0.5) is 0 Å². The van der Waals surface area contributed by atoms with E-state index >= 15 is 0 Å². The zero-order chi connectivity index (χ0) is 10.0.